The number of aryl methyl sites for hydroxylation is 3. The van der Waals surface area contributed by atoms with Crippen molar-refractivity contribution in [2.24, 2.45) is 0 Å². The van der Waals surface area contributed by atoms with Crippen LogP contribution < -0.4 is 10.2 Å². The Morgan fingerprint density at radius 1 is 0.970 bits per heavy atom. The summed E-state index contributed by atoms with van der Waals surface area (Å²) in [5, 5.41) is 2.67. The zero-order valence-electron chi connectivity index (χ0n) is 18.5. The van der Waals surface area contributed by atoms with Crippen molar-refractivity contribution in [2.75, 3.05) is 4.90 Å². The minimum Gasteiger partial charge on any atom is -0.318 e. The molecule has 1 N–H and O–H groups in total. The lowest BCUT2D eigenvalue weighted by Crippen LogP contribution is -2.54. The number of amides is 2. The summed E-state index contributed by atoms with van der Waals surface area (Å²) in [4.78, 5) is 27.4. The fourth-order valence-electron chi connectivity index (χ4n) is 4.08. The Kier molecular flexibility index (Phi) is 5.95. The molecule has 0 bridgehead atoms. The van der Waals surface area contributed by atoms with Gasteiger partial charge in [-0.15, -0.1) is 0 Å². The van der Waals surface area contributed by atoms with Gasteiger partial charge in [-0.2, -0.15) is 0 Å². The maximum Gasteiger partial charge on any atom is 0.270 e. The molecule has 4 rings (SSSR count). The minimum atomic E-state index is -0.555. The first-order valence-electron chi connectivity index (χ1n) is 10.2. The summed E-state index contributed by atoms with van der Waals surface area (Å²) in [5.41, 5.74) is 5.49. The standard InChI is InChI=1S/C25H21ClFN3O2S/c1-13-7-14(2)9-19(8-13)30-24(32)20(23(31)28-25(30)33)11-17-10-15(3)29(16(17)4)18-5-6-22(27)21(26)12-18/h5-12H,1-4H3,(H,28,31,33)/b20-11+. The summed E-state index contributed by atoms with van der Waals surface area (Å²) in [6, 6.07) is 12.0. The number of benzene rings is 2. The molecule has 168 valence electrons. The van der Waals surface area contributed by atoms with Gasteiger partial charge in [0, 0.05) is 17.1 Å². The van der Waals surface area contributed by atoms with Crippen molar-refractivity contribution in [2.45, 2.75) is 27.7 Å². The number of thiocarbonyl (C=S) groups is 1. The van der Waals surface area contributed by atoms with E-state index < -0.39 is 17.6 Å². The molecule has 2 heterocycles. The number of halogens is 2. The second-order valence-corrected chi connectivity index (χ2v) is 8.86. The van der Waals surface area contributed by atoms with Crippen LogP contribution in [-0.4, -0.2) is 21.5 Å². The van der Waals surface area contributed by atoms with Crippen LogP contribution in [0, 0.1) is 33.5 Å². The highest BCUT2D eigenvalue weighted by Gasteiger charge is 2.35. The Balaban J connectivity index is 1.78. The van der Waals surface area contributed by atoms with Gasteiger partial charge < -0.3 is 4.57 Å². The molecular weight excluding hydrogens is 461 g/mol. The van der Waals surface area contributed by atoms with Crippen molar-refractivity contribution in [3.8, 4) is 5.69 Å². The predicted octanol–water partition coefficient (Wildman–Crippen LogP) is 5.33. The first-order valence-corrected chi connectivity index (χ1v) is 11.0. The third-order valence-corrected chi connectivity index (χ3v) is 6.07. The van der Waals surface area contributed by atoms with Crippen LogP contribution in [0.5, 0.6) is 0 Å². The third-order valence-electron chi connectivity index (χ3n) is 5.50. The lowest BCUT2D eigenvalue weighted by molar-refractivity contribution is -0.122. The van der Waals surface area contributed by atoms with E-state index in [1.54, 1.807) is 12.1 Å². The van der Waals surface area contributed by atoms with E-state index in [4.69, 9.17) is 23.8 Å². The van der Waals surface area contributed by atoms with Crippen molar-refractivity contribution < 1.29 is 14.0 Å². The molecule has 2 amide bonds. The molecule has 0 aliphatic carbocycles. The molecule has 0 spiro atoms. The number of carbonyl (C=O) groups excluding carboxylic acids is 2. The molecule has 1 fully saturated rings. The molecule has 1 saturated heterocycles. The maximum absolute atomic E-state index is 13.6. The third kappa shape index (κ3) is 4.21. The molecule has 33 heavy (non-hydrogen) atoms. The van der Waals surface area contributed by atoms with Crippen molar-refractivity contribution >= 4 is 52.5 Å². The fraction of sp³-hybridized carbons (Fsp3) is 0.160. The van der Waals surface area contributed by atoms with E-state index in [0.29, 0.717) is 16.9 Å². The molecule has 2 aromatic carbocycles. The number of nitrogens with zero attached hydrogens (tertiary/aromatic N) is 2. The number of nitrogens with one attached hydrogen (secondary N) is 1. The molecule has 0 unspecified atom stereocenters. The number of carbonyl (C=O) groups is 2. The highest BCUT2D eigenvalue weighted by Crippen LogP contribution is 2.28. The van der Waals surface area contributed by atoms with Crippen molar-refractivity contribution in [1.82, 2.24) is 9.88 Å². The van der Waals surface area contributed by atoms with Crippen LogP contribution in [0.15, 0.2) is 48.0 Å². The predicted molar refractivity (Wildman–Crippen MR) is 132 cm³/mol. The van der Waals surface area contributed by atoms with Gasteiger partial charge in [-0.1, -0.05) is 17.7 Å². The molecule has 0 radical (unpaired) electrons. The van der Waals surface area contributed by atoms with E-state index in [1.807, 2.05) is 56.5 Å². The van der Waals surface area contributed by atoms with Crippen molar-refractivity contribution in [1.29, 1.82) is 0 Å². The first-order chi connectivity index (χ1) is 15.6. The van der Waals surface area contributed by atoms with E-state index in [9.17, 15) is 14.0 Å². The smallest absolute Gasteiger partial charge is 0.270 e. The lowest BCUT2D eigenvalue weighted by Gasteiger charge is -2.29. The molecule has 8 heteroatoms. The zero-order valence-corrected chi connectivity index (χ0v) is 20.1. The minimum absolute atomic E-state index is 0.0133. The number of hydrogen-bond donors (Lipinski definition) is 1. The molecule has 3 aromatic rings. The van der Waals surface area contributed by atoms with Gasteiger partial charge >= 0.3 is 0 Å². The topological polar surface area (TPSA) is 54.3 Å². The second-order valence-electron chi connectivity index (χ2n) is 8.06. The molecule has 1 aromatic heterocycles. The summed E-state index contributed by atoms with van der Waals surface area (Å²) in [6.45, 7) is 7.60. The quantitative estimate of drug-likeness (QED) is 0.312. The summed E-state index contributed by atoms with van der Waals surface area (Å²) < 4.78 is 15.5. The van der Waals surface area contributed by atoms with E-state index in [2.05, 4.69) is 5.32 Å². The van der Waals surface area contributed by atoms with E-state index in [0.717, 1.165) is 22.5 Å². The summed E-state index contributed by atoms with van der Waals surface area (Å²) >= 11 is 11.3. The molecule has 1 aliphatic rings. The van der Waals surface area contributed by atoms with Crippen LogP contribution >= 0.6 is 23.8 Å². The van der Waals surface area contributed by atoms with Crippen LogP contribution in [0.4, 0.5) is 10.1 Å². The Morgan fingerprint density at radius 3 is 2.27 bits per heavy atom. The largest absolute Gasteiger partial charge is 0.318 e. The maximum atomic E-state index is 13.6. The fourth-order valence-corrected chi connectivity index (χ4v) is 4.54. The number of aromatic nitrogens is 1. The normalized spacial score (nSPS) is 15.4. The Bertz CT molecular complexity index is 1360. The van der Waals surface area contributed by atoms with Gasteiger partial charge in [0.15, 0.2) is 5.11 Å². The molecule has 0 atom stereocenters. The Hall–Kier alpha value is -3.29. The van der Waals surface area contributed by atoms with Crippen LogP contribution in [-0.2, 0) is 9.59 Å². The Morgan fingerprint density at radius 2 is 1.64 bits per heavy atom. The summed E-state index contributed by atoms with van der Waals surface area (Å²) in [7, 11) is 0. The highest BCUT2D eigenvalue weighted by atomic mass is 35.5. The number of anilines is 1. The first kappa shape index (κ1) is 22.9. The average molecular weight is 482 g/mol. The Labute approximate surface area is 201 Å². The van der Waals surface area contributed by atoms with Crippen molar-refractivity contribution in [3.05, 3.63) is 87.0 Å². The molecule has 0 saturated carbocycles. The van der Waals surface area contributed by atoms with E-state index in [1.165, 1.54) is 17.0 Å². The van der Waals surface area contributed by atoms with Crippen LogP contribution in [0.3, 0.4) is 0 Å². The molecular formula is C25H21ClFN3O2S. The van der Waals surface area contributed by atoms with Gasteiger partial charge in [0.25, 0.3) is 11.8 Å². The number of rotatable bonds is 3. The van der Waals surface area contributed by atoms with Crippen LogP contribution in [0.1, 0.15) is 28.1 Å². The van der Waals surface area contributed by atoms with Crippen LogP contribution in [0.25, 0.3) is 11.8 Å². The molecule has 5 nitrogen and oxygen atoms in total. The monoisotopic (exact) mass is 481 g/mol. The molecule has 1 aliphatic heterocycles. The summed E-state index contributed by atoms with van der Waals surface area (Å²) in [6.07, 6.45) is 1.55. The average Bonchev–Trinajstić information content (AvgIpc) is 2.99. The summed E-state index contributed by atoms with van der Waals surface area (Å²) in [5.74, 6) is -1.55. The van der Waals surface area contributed by atoms with Gasteiger partial charge in [-0.25, -0.2) is 4.39 Å². The van der Waals surface area contributed by atoms with Crippen molar-refractivity contribution in [3.63, 3.8) is 0 Å². The van der Waals surface area contributed by atoms with Crippen LogP contribution in [0.2, 0.25) is 5.02 Å². The van der Waals surface area contributed by atoms with Gasteiger partial charge in [-0.05, 0) is 99.1 Å². The zero-order chi connectivity index (χ0) is 24.0. The highest BCUT2D eigenvalue weighted by molar-refractivity contribution is 7.80. The van der Waals surface area contributed by atoms with Gasteiger partial charge in [0.05, 0.1) is 10.7 Å². The SMILES string of the molecule is Cc1cc(C)cc(N2C(=O)/C(=C/c3cc(C)n(-c4ccc(F)c(Cl)c4)c3C)C(=O)NC2=S)c1. The number of hydrogen-bond acceptors (Lipinski definition) is 3. The lowest BCUT2D eigenvalue weighted by atomic mass is 10.1. The van der Waals surface area contributed by atoms with Gasteiger partial charge in [0.1, 0.15) is 11.4 Å². The second kappa shape index (κ2) is 8.57. The van der Waals surface area contributed by atoms with E-state index in [-0.39, 0.29) is 15.7 Å². The van der Waals surface area contributed by atoms with Gasteiger partial charge in [0.2, 0.25) is 0 Å². The van der Waals surface area contributed by atoms with E-state index >= 15 is 0 Å². The van der Waals surface area contributed by atoms with Gasteiger partial charge in [-0.3, -0.25) is 19.8 Å².